The van der Waals surface area contributed by atoms with Crippen LogP contribution < -0.4 is 4.40 Å². The van der Waals surface area contributed by atoms with Crippen molar-refractivity contribution in [2.45, 2.75) is 0 Å². The van der Waals surface area contributed by atoms with Gasteiger partial charge in [0.1, 0.15) is 0 Å². The van der Waals surface area contributed by atoms with Gasteiger partial charge in [0.2, 0.25) is 0 Å². The Bertz CT molecular complexity index is 355. The van der Waals surface area contributed by atoms with Gasteiger partial charge < -0.3 is 0 Å². The van der Waals surface area contributed by atoms with Crippen LogP contribution in [0.1, 0.15) is 0 Å². The summed E-state index contributed by atoms with van der Waals surface area (Å²) >= 11 is 0. The highest BCUT2D eigenvalue weighted by Gasteiger charge is 2.07. The zero-order valence-electron chi connectivity index (χ0n) is 5.11. The maximum Gasteiger partial charge on any atom is 0.305 e. The standard InChI is InChI=1S/C6H5FN3/c7-10-6-3-1-2-4-9(6)5-8-10/h1-5H/q+1. The first kappa shape index (κ1) is 5.34. The van der Waals surface area contributed by atoms with Crippen molar-refractivity contribution in [1.82, 2.24) is 10.0 Å². The molecular weight excluding hydrogens is 133 g/mol. The van der Waals surface area contributed by atoms with Crippen molar-refractivity contribution in [3.8, 4) is 0 Å². The first-order valence-corrected chi connectivity index (χ1v) is 2.88. The van der Waals surface area contributed by atoms with Gasteiger partial charge in [0.15, 0.2) is 0 Å². The number of halogens is 1. The first-order valence-electron chi connectivity index (χ1n) is 2.88. The molecule has 2 aromatic rings. The summed E-state index contributed by atoms with van der Waals surface area (Å²) < 4.78 is 14.1. The summed E-state index contributed by atoms with van der Waals surface area (Å²) in [6, 6.07) is 5.22. The molecule has 0 aromatic carbocycles. The summed E-state index contributed by atoms with van der Waals surface area (Å²) in [6.45, 7) is 0. The highest BCUT2D eigenvalue weighted by molar-refractivity contribution is 5.26. The van der Waals surface area contributed by atoms with Crippen LogP contribution in [0.25, 0.3) is 5.65 Å². The molecule has 10 heavy (non-hydrogen) atoms. The Morgan fingerprint density at radius 1 is 1.50 bits per heavy atom. The van der Waals surface area contributed by atoms with Gasteiger partial charge in [-0.05, 0) is 6.07 Å². The summed E-state index contributed by atoms with van der Waals surface area (Å²) in [4.78, 5) is 0.333. The molecule has 2 heterocycles. The van der Waals surface area contributed by atoms with Crippen molar-refractivity contribution < 1.29 is 8.88 Å². The highest BCUT2D eigenvalue weighted by Crippen LogP contribution is 1.92. The van der Waals surface area contributed by atoms with Gasteiger partial charge in [0, 0.05) is 10.5 Å². The van der Waals surface area contributed by atoms with Gasteiger partial charge in [-0.3, -0.25) is 0 Å². The van der Waals surface area contributed by atoms with E-state index in [0.29, 0.717) is 10.6 Å². The van der Waals surface area contributed by atoms with E-state index >= 15 is 0 Å². The van der Waals surface area contributed by atoms with Crippen LogP contribution in [0.4, 0.5) is 4.48 Å². The summed E-state index contributed by atoms with van der Waals surface area (Å²) in [7, 11) is 0. The summed E-state index contributed by atoms with van der Waals surface area (Å²) in [6.07, 6.45) is 3.15. The number of aromatic nitrogens is 3. The van der Waals surface area contributed by atoms with Crippen LogP contribution in [0.15, 0.2) is 30.7 Å². The molecule has 0 saturated heterocycles. The molecule has 0 aliphatic carbocycles. The monoisotopic (exact) mass is 138 g/mol. The van der Waals surface area contributed by atoms with Gasteiger partial charge in [0.25, 0.3) is 6.33 Å². The fraction of sp³-hybridized carbons (Fsp3) is 0. The second-order valence-electron chi connectivity index (χ2n) is 1.96. The molecule has 2 aromatic heterocycles. The van der Waals surface area contributed by atoms with E-state index in [1.54, 1.807) is 22.7 Å². The van der Waals surface area contributed by atoms with Crippen LogP contribution in [0.2, 0.25) is 0 Å². The molecule has 0 aliphatic rings. The third-order valence-corrected chi connectivity index (χ3v) is 1.33. The lowest BCUT2D eigenvalue weighted by molar-refractivity contribution is -0.513. The fourth-order valence-electron chi connectivity index (χ4n) is 0.861. The minimum atomic E-state index is 0.333. The number of rotatable bonds is 0. The van der Waals surface area contributed by atoms with E-state index in [1.165, 1.54) is 6.33 Å². The molecular formula is C6H5FN3+. The average molecular weight is 138 g/mol. The molecule has 0 saturated carbocycles. The molecule has 50 valence electrons. The van der Waals surface area contributed by atoms with Crippen LogP contribution in [-0.2, 0) is 0 Å². The molecule has 2 rings (SSSR count). The molecule has 3 nitrogen and oxygen atoms in total. The van der Waals surface area contributed by atoms with Crippen molar-refractivity contribution >= 4 is 5.65 Å². The molecule has 0 atom stereocenters. The zero-order valence-corrected chi connectivity index (χ0v) is 5.11. The van der Waals surface area contributed by atoms with Gasteiger partial charge in [-0.2, -0.15) is 0 Å². The Morgan fingerprint density at radius 2 is 2.40 bits per heavy atom. The van der Waals surface area contributed by atoms with Crippen molar-refractivity contribution in [1.29, 1.82) is 0 Å². The summed E-state index contributed by atoms with van der Waals surface area (Å²) in [5.41, 5.74) is 0.433. The lowest BCUT2D eigenvalue weighted by Gasteiger charge is -1.79. The van der Waals surface area contributed by atoms with Crippen LogP contribution >= 0.6 is 0 Å². The normalized spacial score (nSPS) is 10.5. The number of pyridine rings is 1. The summed E-state index contributed by atoms with van der Waals surface area (Å²) in [5.74, 6) is 0. The smallest absolute Gasteiger partial charge is 0.201 e. The van der Waals surface area contributed by atoms with Crippen LogP contribution in [0.3, 0.4) is 0 Å². The second kappa shape index (κ2) is 1.76. The molecule has 4 heteroatoms. The SMILES string of the molecule is Fn1nc[n+]2ccccc12. The molecule has 0 spiro atoms. The maximum atomic E-state index is 12.5. The van der Waals surface area contributed by atoms with Crippen LogP contribution in [0.5, 0.6) is 0 Å². The topological polar surface area (TPSA) is 21.9 Å². The first-order chi connectivity index (χ1) is 4.88. The van der Waals surface area contributed by atoms with Gasteiger partial charge in [-0.25, -0.2) is 4.40 Å². The molecule has 0 aliphatic heterocycles. The molecule has 0 unspecified atom stereocenters. The molecule has 0 amide bonds. The van der Waals surface area contributed by atoms with E-state index in [1.807, 2.05) is 6.07 Å². The third-order valence-electron chi connectivity index (χ3n) is 1.33. The molecule has 0 fully saturated rings. The number of nitrogens with zero attached hydrogens (tertiary/aromatic N) is 3. The van der Waals surface area contributed by atoms with Crippen molar-refractivity contribution in [3.63, 3.8) is 0 Å². The maximum absolute atomic E-state index is 12.5. The third kappa shape index (κ3) is 0.586. The van der Waals surface area contributed by atoms with Crippen LogP contribution in [-0.4, -0.2) is 10.0 Å². The predicted molar refractivity (Wildman–Crippen MR) is 31.9 cm³/mol. The van der Waals surface area contributed by atoms with Gasteiger partial charge >= 0.3 is 5.65 Å². The number of hydrogen-bond acceptors (Lipinski definition) is 1. The quantitative estimate of drug-likeness (QED) is 0.481. The molecule has 0 bridgehead atoms. The Kier molecular flexibility index (Phi) is 0.943. The van der Waals surface area contributed by atoms with Gasteiger partial charge in [-0.1, -0.05) is 6.07 Å². The summed E-state index contributed by atoms with van der Waals surface area (Å²) in [5, 5.41) is 3.41. The van der Waals surface area contributed by atoms with E-state index in [-0.39, 0.29) is 0 Å². The Labute approximate surface area is 56.3 Å². The number of fused-ring (bicyclic) bond motifs is 1. The average Bonchev–Trinajstić information content (AvgIpc) is 2.34. The Morgan fingerprint density at radius 3 is 3.20 bits per heavy atom. The van der Waals surface area contributed by atoms with E-state index in [2.05, 4.69) is 5.10 Å². The Hall–Kier alpha value is -1.45. The largest absolute Gasteiger partial charge is 0.305 e. The number of hydrogen-bond donors (Lipinski definition) is 0. The lowest BCUT2D eigenvalue weighted by atomic mass is 10.5. The van der Waals surface area contributed by atoms with E-state index < -0.39 is 0 Å². The van der Waals surface area contributed by atoms with Gasteiger partial charge in [0.05, 0.1) is 16.2 Å². The zero-order chi connectivity index (χ0) is 6.97. The predicted octanol–water partition coefficient (Wildman–Crippen LogP) is 0.354. The minimum Gasteiger partial charge on any atom is -0.201 e. The van der Waals surface area contributed by atoms with Crippen molar-refractivity contribution in [2.24, 2.45) is 0 Å². The Balaban J connectivity index is 2.93. The second-order valence-corrected chi connectivity index (χ2v) is 1.96. The van der Waals surface area contributed by atoms with E-state index in [4.69, 9.17) is 0 Å². The van der Waals surface area contributed by atoms with Crippen molar-refractivity contribution in [3.05, 3.63) is 30.7 Å². The van der Waals surface area contributed by atoms with Crippen molar-refractivity contribution in [2.75, 3.05) is 0 Å². The minimum absolute atomic E-state index is 0.333. The lowest BCUT2D eigenvalue weighted by Crippen LogP contribution is -2.16. The molecule has 0 N–H and O–H groups in total. The van der Waals surface area contributed by atoms with E-state index in [9.17, 15) is 4.48 Å². The fourth-order valence-corrected chi connectivity index (χ4v) is 0.861. The van der Waals surface area contributed by atoms with E-state index in [0.717, 1.165) is 0 Å². The highest BCUT2D eigenvalue weighted by atomic mass is 19.2. The molecule has 0 radical (unpaired) electrons. The van der Waals surface area contributed by atoms with Gasteiger partial charge in [-0.15, -0.1) is 0 Å². The van der Waals surface area contributed by atoms with Crippen LogP contribution in [0, 0.1) is 0 Å².